The highest BCUT2D eigenvalue weighted by atomic mass is 16.5. The minimum atomic E-state index is -0.785. The van der Waals surface area contributed by atoms with Crippen LogP contribution in [0.3, 0.4) is 0 Å². The van der Waals surface area contributed by atoms with Crippen molar-refractivity contribution in [3.63, 3.8) is 0 Å². The van der Waals surface area contributed by atoms with Crippen molar-refractivity contribution in [3.8, 4) is 0 Å². The van der Waals surface area contributed by atoms with E-state index in [9.17, 15) is 4.79 Å². The van der Waals surface area contributed by atoms with Crippen LogP contribution in [-0.2, 0) is 22.5 Å². The second-order valence-electron chi connectivity index (χ2n) is 4.69. The first-order valence-corrected chi connectivity index (χ1v) is 6.52. The second kappa shape index (κ2) is 6.34. The van der Waals surface area contributed by atoms with Crippen molar-refractivity contribution in [3.05, 3.63) is 53.3 Å². The first-order chi connectivity index (χ1) is 9.61. The molecule has 1 aromatic carbocycles. The van der Waals surface area contributed by atoms with Crippen molar-refractivity contribution in [2.24, 2.45) is 5.73 Å². The third kappa shape index (κ3) is 3.24. The van der Waals surface area contributed by atoms with Crippen molar-refractivity contribution in [1.29, 1.82) is 0 Å². The van der Waals surface area contributed by atoms with Gasteiger partial charge < -0.3 is 10.5 Å². The van der Waals surface area contributed by atoms with Gasteiger partial charge in [0.1, 0.15) is 5.69 Å². The lowest BCUT2D eigenvalue weighted by molar-refractivity contribution is -0.128. The van der Waals surface area contributed by atoms with Crippen LogP contribution in [-0.4, -0.2) is 22.8 Å². The van der Waals surface area contributed by atoms with Crippen molar-refractivity contribution >= 4 is 5.91 Å². The van der Waals surface area contributed by atoms with E-state index in [0.717, 1.165) is 18.7 Å². The molecule has 0 saturated heterocycles. The Hall–Kier alpha value is -2.14. The molecule has 0 aliphatic rings. The van der Waals surface area contributed by atoms with Crippen LogP contribution < -0.4 is 5.73 Å². The molecule has 0 fully saturated rings. The summed E-state index contributed by atoms with van der Waals surface area (Å²) in [5, 5.41) is 4.41. The molecule has 0 bridgehead atoms. The highest BCUT2D eigenvalue weighted by Gasteiger charge is 2.20. The maximum Gasteiger partial charge on any atom is 0.252 e. The highest BCUT2D eigenvalue weighted by molar-refractivity contribution is 5.79. The number of aromatic nitrogens is 2. The van der Waals surface area contributed by atoms with Gasteiger partial charge in [0.25, 0.3) is 5.91 Å². The predicted molar refractivity (Wildman–Crippen MR) is 76.1 cm³/mol. The Labute approximate surface area is 118 Å². The number of rotatable bonds is 6. The molecule has 5 nitrogen and oxygen atoms in total. The lowest BCUT2D eigenvalue weighted by Crippen LogP contribution is -2.23. The number of nitrogens with zero attached hydrogens (tertiary/aromatic N) is 2. The van der Waals surface area contributed by atoms with Crippen LogP contribution >= 0.6 is 0 Å². The average molecular weight is 273 g/mol. The number of carbonyl (C=O) groups is 1. The molecular weight excluding hydrogens is 254 g/mol. The molecule has 1 atom stereocenters. The molecule has 5 heteroatoms. The number of aryl methyl sites for hydroxylation is 3. The summed E-state index contributed by atoms with van der Waals surface area (Å²) in [5.74, 6) is -0.528. The Morgan fingerprint density at radius 1 is 1.40 bits per heavy atom. The number of nitrogens with two attached hydrogens (primary N) is 1. The smallest absolute Gasteiger partial charge is 0.252 e. The van der Waals surface area contributed by atoms with Gasteiger partial charge >= 0.3 is 0 Å². The molecule has 1 amide bonds. The standard InChI is InChI=1S/C15H19N3O2/c1-11-10-13(14(20-2)15(16)19)17-18(11)9-8-12-6-4-3-5-7-12/h3-7,10,14H,8-9H2,1-2H3,(H2,16,19). The molecule has 2 aromatic rings. The van der Waals surface area contributed by atoms with E-state index in [1.165, 1.54) is 12.7 Å². The summed E-state index contributed by atoms with van der Waals surface area (Å²) < 4.78 is 6.95. The quantitative estimate of drug-likeness (QED) is 0.869. The van der Waals surface area contributed by atoms with Crippen LogP contribution in [0.15, 0.2) is 36.4 Å². The first-order valence-electron chi connectivity index (χ1n) is 6.52. The summed E-state index contributed by atoms with van der Waals surface area (Å²) in [4.78, 5) is 11.3. The largest absolute Gasteiger partial charge is 0.367 e. The van der Waals surface area contributed by atoms with E-state index in [1.807, 2.05) is 35.9 Å². The molecule has 0 aliphatic carbocycles. The van der Waals surface area contributed by atoms with Crippen molar-refractivity contribution in [1.82, 2.24) is 9.78 Å². The van der Waals surface area contributed by atoms with E-state index >= 15 is 0 Å². The molecule has 20 heavy (non-hydrogen) atoms. The minimum Gasteiger partial charge on any atom is -0.367 e. The van der Waals surface area contributed by atoms with Crippen LogP contribution in [0.1, 0.15) is 23.1 Å². The normalized spacial score (nSPS) is 12.3. The van der Waals surface area contributed by atoms with E-state index in [1.54, 1.807) is 0 Å². The Balaban J connectivity index is 2.10. The van der Waals surface area contributed by atoms with Gasteiger partial charge in [-0.2, -0.15) is 5.10 Å². The maximum atomic E-state index is 11.3. The predicted octanol–water partition coefficient (Wildman–Crippen LogP) is 1.61. The number of primary amides is 1. The topological polar surface area (TPSA) is 70.1 Å². The zero-order valence-corrected chi connectivity index (χ0v) is 11.7. The average Bonchev–Trinajstić information content (AvgIpc) is 2.79. The molecule has 1 aromatic heterocycles. The number of hydrogen-bond acceptors (Lipinski definition) is 3. The van der Waals surface area contributed by atoms with Gasteiger partial charge in [0.15, 0.2) is 6.10 Å². The fourth-order valence-electron chi connectivity index (χ4n) is 2.15. The van der Waals surface area contributed by atoms with Crippen LogP contribution in [0.5, 0.6) is 0 Å². The Bertz CT molecular complexity index is 578. The Kier molecular flexibility index (Phi) is 4.53. The van der Waals surface area contributed by atoms with Crippen molar-refractivity contribution < 1.29 is 9.53 Å². The number of amides is 1. The van der Waals surface area contributed by atoms with Gasteiger partial charge in [-0.3, -0.25) is 9.48 Å². The summed E-state index contributed by atoms with van der Waals surface area (Å²) in [6.45, 7) is 2.71. The summed E-state index contributed by atoms with van der Waals surface area (Å²) >= 11 is 0. The summed E-state index contributed by atoms with van der Waals surface area (Å²) in [7, 11) is 1.45. The molecule has 106 valence electrons. The van der Waals surface area contributed by atoms with E-state index in [2.05, 4.69) is 17.2 Å². The number of methoxy groups -OCH3 is 1. The number of ether oxygens (including phenoxy) is 1. The van der Waals surface area contributed by atoms with Crippen molar-refractivity contribution in [2.45, 2.75) is 26.0 Å². The van der Waals surface area contributed by atoms with E-state index in [-0.39, 0.29) is 0 Å². The maximum absolute atomic E-state index is 11.3. The molecule has 0 spiro atoms. The third-order valence-electron chi connectivity index (χ3n) is 3.22. The molecular formula is C15H19N3O2. The van der Waals surface area contributed by atoms with Gasteiger partial charge in [-0.15, -0.1) is 0 Å². The third-order valence-corrected chi connectivity index (χ3v) is 3.22. The van der Waals surface area contributed by atoms with Gasteiger partial charge in [0.2, 0.25) is 0 Å². The zero-order chi connectivity index (χ0) is 14.5. The lowest BCUT2D eigenvalue weighted by Gasteiger charge is -2.08. The van der Waals surface area contributed by atoms with Gasteiger partial charge in [-0.1, -0.05) is 30.3 Å². The summed E-state index contributed by atoms with van der Waals surface area (Å²) in [6, 6.07) is 12.0. The van der Waals surface area contributed by atoms with Crippen LogP contribution in [0.25, 0.3) is 0 Å². The molecule has 2 rings (SSSR count). The highest BCUT2D eigenvalue weighted by Crippen LogP contribution is 2.16. The monoisotopic (exact) mass is 273 g/mol. The Morgan fingerprint density at radius 2 is 2.10 bits per heavy atom. The van der Waals surface area contributed by atoms with Crippen LogP contribution in [0.2, 0.25) is 0 Å². The molecule has 0 radical (unpaired) electrons. The number of benzene rings is 1. The zero-order valence-electron chi connectivity index (χ0n) is 11.7. The molecule has 0 saturated carbocycles. The fourth-order valence-corrected chi connectivity index (χ4v) is 2.15. The van der Waals surface area contributed by atoms with Crippen LogP contribution in [0.4, 0.5) is 0 Å². The minimum absolute atomic E-state index is 0.528. The number of hydrogen-bond donors (Lipinski definition) is 1. The van der Waals surface area contributed by atoms with Crippen molar-refractivity contribution in [2.75, 3.05) is 7.11 Å². The fraction of sp³-hybridized carbons (Fsp3) is 0.333. The second-order valence-corrected chi connectivity index (χ2v) is 4.69. The number of carbonyl (C=O) groups excluding carboxylic acids is 1. The van der Waals surface area contributed by atoms with Crippen LogP contribution in [0, 0.1) is 6.92 Å². The van der Waals surface area contributed by atoms with Gasteiger partial charge in [-0.25, -0.2) is 0 Å². The van der Waals surface area contributed by atoms with E-state index in [4.69, 9.17) is 10.5 Å². The van der Waals surface area contributed by atoms with E-state index in [0.29, 0.717) is 5.69 Å². The van der Waals surface area contributed by atoms with Gasteiger partial charge in [0.05, 0.1) is 0 Å². The Morgan fingerprint density at radius 3 is 2.70 bits per heavy atom. The SMILES string of the molecule is COC(C(N)=O)c1cc(C)n(CCc2ccccc2)n1. The molecule has 2 N–H and O–H groups in total. The molecule has 1 heterocycles. The first kappa shape index (κ1) is 14.3. The summed E-state index contributed by atoms with van der Waals surface area (Å²) in [6.07, 6.45) is 0.100. The van der Waals surface area contributed by atoms with E-state index < -0.39 is 12.0 Å². The molecule has 1 unspecified atom stereocenters. The molecule has 0 aliphatic heterocycles. The lowest BCUT2D eigenvalue weighted by atomic mass is 10.1. The summed E-state index contributed by atoms with van der Waals surface area (Å²) in [5.41, 5.74) is 8.09. The van der Waals surface area contributed by atoms with Gasteiger partial charge in [0, 0.05) is 19.3 Å². The van der Waals surface area contributed by atoms with Gasteiger partial charge in [-0.05, 0) is 25.0 Å².